The van der Waals surface area contributed by atoms with Gasteiger partial charge in [-0.05, 0) is 48.4 Å². The number of nitrogens with one attached hydrogen (secondary N) is 3. The number of ether oxygens (including phenoxy) is 2. The minimum Gasteiger partial charge on any atom is -0.492 e. The van der Waals surface area contributed by atoms with Crippen molar-refractivity contribution < 1.29 is 23.0 Å². The molecular weight excluding hydrogens is 582 g/mol. The van der Waals surface area contributed by atoms with Gasteiger partial charge in [-0.15, -0.1) is 0 Å². The first-order chi connectivity index (χ1) is 21.9. The minimum absolute atomic E-state index is 0.171. The van der Waals surface area contributed by atoms with E-state index >= 15 is 0 Å². The van der Waals surface area contributed by atoms with Crippen molar-refractivity contribution in [2.45, 2.75) is 12.8 Å². The third-order valence-electron chi connectivity index (χ3n) is 7.67. The zero-order chi connectivity index (χ0) is 31.2. The van der Waals surface area contributed by atoms with Crippen LogP contribution in [0.2, 0.25) is 0 Å². The van der Waals surface area contributed by atoms with Crippen LogP contribution in [-0.4, -0.2) is 71.7 Å². The van der Waals surface area contributed by atoms with Crippen molar-refractivity contribution in [3.8, 4) is 11.6 Å². The fourth-order valence-electron chi connectivity index (χ4n) is 5.26. The summed E-state index contributed by atoms with van der Waals surface area (Å²) in [7, 11) is 0. The zero-order valence-corrected chi connectivity index (χ0v) is 24.4. The average Bonchev–Trinajstić information content (AvgIpc) is 3.04. The quantitative estimate of drug-likeness (QED) is 0.189. The number of halogens is 2. The van der Waals surface area contributed by atoms with Gasteiger partial charge >= 0.3 is 0 Å². The second kappa shape index (κ2) is 13.8. The summed E-state index contributed by atoms with van der Waals surface area (Å²) in [5.74, 6) is -0.666. The molecule has 0 bridgehead atoms. The van der Waals surface area contributed by atoms with Crippen molar-refractivity contribution in [2.75, 3.05) is 51.3 Å². The average molecular weight is 615 g/mol. The van der Waals surface area contributed by atoms with Crippen LogP contribution in [-0.2, 0) is 6.42 Å². The molecular formula is C33H32F2N6O4. The van der Waals surface area contributed by atoms with E-state index in [4.69, 9.17) is 9.47 Å². The monoisotopic (exact) mass is 614 g/mol. The number of pyridine rings is 3. The summed E-state index contributed by atoms with van der Waals surface area (Å²) in [5, 5.41) is 6.79. The Morgan fingerprint density at radius 3 is 2.69 bits per heavy atom. The molecule has 0 unspecified atom stereocenters. The summed E-state index contributed by atoms with van der Waals surface area (Å²) in [4.78, 5) is 39.5. The Hall–Kier alpha value is -4.94. The van der Waals surface area contributed by atoms with E-state index in [2.05, 4.69) is 30.5 Å². The third-order valence-corrected chi connectivity index (χ3v) is 7.67. The summed E-state index contributed by atoms with van der Waals surface area (Å²) in [6.45, 7) is 5.90. The van der Waals surface area contributed by atoms with Crippen LogP contribution in [0.4, 0.5) is 14.5 Å². The van der Waals surface area contributed by atoms with Crippen molar-refractivity contribution in [2.24, 2.45) is 0 Å². The normalized spacial score (nSPS) is 13.6. The standard InChI is InChI=1S/C33H32F2N6O4/c34-22-3-5-24-28(16-22)38-20-26(32(24)42)33(43)40-23-4-2-21(27(35)17-23)7-15-44-30-6-8-37-29-18-31(39-19-25(29)30)45-14-1-11-41-12-9-36-10-13-41/h2-6,8,16-20,36H,1,7,9-15H2,(H,38,42)(H,40,43). The molecule has 4 heterocycles. The van der Waals surface area contributed by atoms with E-state index < -0.39 is 23.0 Å². The van der Waals surface area contributed by atoms with Crippen LogP contribution >= 0.6 is 0 Å². The highest BCUT2D eigenvalue weighted by Gasteiger charge is 2.15. The SMILES string of the molecule is O=C(Nc1ccc(CCOc2ccnc3cc(OCCCN4CCNCC4)ncc23)c(F)c1)c1c[nH]c2cc(F)ccc2c1=O. The minimum atomic E-state index is -0.708. The number of anilines is 1. The van der Waals surface area contributed by atoms with E-state index in [9.17, 15) is 18.4 Å². The molecule has 1 aliphatic heterocycles. The van der Waals surface area contributed by atoms with Gasteiger partial charge in [-0.3, -0.25) is 14.6 Å². The molecule has 0 saturated carbocycles. The first-order valence-corrected chi connectivity index (χ1v) is 14.8. The topological polar surface area (TPSA) is 121 Å². The van der Waals surface area contributed by atoms with Gasteiger partial charge in [0.2, 0.25) is 11.3 Å². The Morgan fingerprint density at radius 2 is 1.84 bits per heavy atom. The molecule has 0 radical (unpaired) electrons. The van der Waals surface area contributed by atoms with Crippen molar-refractivity contribution in [3.05, 3.63) is 100 Å². The lowest BCUT2D eigenvalue weighted by atomic mass is 10.1. The smallest absolute Gasteiger partial charge is 0.261 e. The number of nitrogens with zero attached hydrogens (tertiary/aromatic N) is 3. The molecule has 10 nitrogen and oxygen atoms in total. The summed E-state index contributed by atoms with van der Waals surface area (Å²) in [6, 6.07) is 11.4. The number of H-pyrrole nitrogens is 1. The lowest BCUT2D eigenvalue weighted by molar-refractivity contribution is 0.102. The Balaban J connectivity index is 1.02. The Morgan fingerprint density at radius 1 is 0.978 bits per heavy atom. The van der Waals surface area contributed by atoms with Gasteiger partial charge in [0.15, 0.2) is 0 Å². The van der Waals surface area contributed by atoms with Gasteiger partial charge < -0.3 is 30.0 Å². The van der Waals surface area contributed by atoms with Crippen LogP contribution in [0.15, 0.2) is 71.9 Å². The molecule has 1 saturated heterocycles. The lowest BCUT2D eigenvalue weighted by Crippen LogP contribution is -2.43. The van der Waals surface area contributed by atoms with Crippen LogP contribution in [0.5, 0.6) is 11.6 Å². The van der Waals surface area contributed by atoms with Gasteiger partial charge in [-0.2, -0.15) is 0 Å². The number of hydrogen-bond acceptors (Lipinski definition) is 8. The predicted molar refractivity (Wildman–Crippen MR) is 167 cm³/mol. The van der Waals surface area contributed by atoms with E-state index in [1.807, 2.05) is 0 Å². The molecule has 0 atom stereocenters. The number of aromatic nitrogens is 3. The molecule has 0 spiro atoms. The Kier molecular flexibility index (Phi) is 9.22. The molecule has 1 aliphatic rings. The highest BCUT2D eigenvalue weighted by molar-refractivity contribution is 6.05. The van der Waals surface area contributed by atoms with Crippen LogP contribution < -0.4 is 25.5 Å². The van der Waals surface area contributed by atoms with Crippen molar-refractivity contribution >= 4 is 33.4 Å². The van der Waals surface area contributed by atoms with E-state index in [1.165, 1.54) is 24.4 Å². The van der Waals surface area contributed by atoms with E-state index in [-0.39, 0.29) is 35.2 Å². The van der Waals surface area contributed by atoms with Crippen LogP contribution in [0, 0.1) is 11.6 Å². The van der Waals surface area contributed by atoms with Crippen LogP contribution in [0.1, 0.15) is 22.3 Å². The molecule has 3 aromatic heterocycles. The number of hydrogen-bond donors (Lipinski definition) is 3. The van der Waals surface area contributed by atoms with Gasteiger partial charge in [0.25, 0.3) is 5.91 Å². The predicted octanol–water partition coefficient (Wildman–Crippen LogP) is 4.30. The molecule has 0 aliphatic carbocycles. The van der Waals surface area contributed by atoms with Gasteiger partial charge in [0, 0.05) is 74.9 Å². The lowest BCUT2D eigenvalue weighted by Gasteiger charge is -2.26. The molecule has 2 aromatic carbocycles. The maximum Gasteiger partial charge on any atom is 0.261 e. The van der Waals surface area contributed by atoms with Gasteiger partial charge in [-0.25, -0.2) is 13.8 Å². The molecule has 1 amide bonds. The van der Waals surface area contributed by atoms with Gasteiger partial charge in [-0.1, -0.05) is 6.07 Å². The fourth-order valence-corrected chi connectivity index (χ4v) is 5.26. The maximum atomic E-state index is 14.9. The third kappa shape index (κ3) is 7.24. The summed E-state index contributed by atoms with van der Waals surface area (Å²) in [5.41, 5.74) is 0.815. The number of amides is 1. The Labute approximate surface area is 257 Å². The summed E-state index contributed by atoms with van der Waals surface area (Å²) >= 11 is 0. The second-order valence-corrected chi connectivity index (χ2v) is 10.7. The van der Waals surface area contributed by atoms with Crippen LogP contribution in [0.3, 0.4) is 0 Å². The first-order valence-electron chi connectivity index (χ1n) is 14.8. The number of piperazine rings is 1. The van der Waals surface area contributed by atoms with E-state index in [0.29, 0.717) is 29.3 Å². The van der Waals surface area contributed by atoms with E-state index in [0.717, 1.165) is 50.6 Å². The number of aromatic amines is 1. The largest absolute Gasteiger partial charge is 0.492 e. The fraction of sp³-hybridized carbons (Fsp3) is 0.273. The number of carbonyl (C=O) groups is 1. The number of carbonyl (C=O) groups excluding carboxylic acids is 1. The molecule has 45 heavy (non-hydrogen) atoms. The van der Waals surface area contributed by atoms with Gasteiger partial charge in [0.05, 0.1) is 29.6 Å². The Bertz CT molecular complexity index is 1890. The van der Waals surface area contributed by atoms with Gasteiger partial charge in [0.1, 0.15) is 22.9 Å². The molecule has 5 aromatic rings. The van der Waals surface area contributed by atoms with E-state index in [1.54, 1.807) is 36.7 Å². The second-order valence-electron chi connectivity index (χ2n) is 10.7. The highest BCUT2D eigenvalue weighted by atomic mass is 19.1. The van der Waals surface area contributed by atoms with Crippen molar-refractivity contribution in [1.29, 1.82) is 0 Å². The molecule has 3 N–H and O–H groups in total. The summed E-state index contributed by atoms with van der Waals surface area (Å²) in [6.07, 6.45) is 5.70. The number of fused-ring (bicyclic) bond motifs is 2. The maximum absolute atomic E-state index is 14.9. The first kappa shape index (κ1) is 30.1. The molecule has 1 fully saturated rings. The molecule has 232 valence electrons. The number of rotatable bonds is 11. The van der Waals surface area contributed by atoms with Crippen molar-refractivity contribution in [1.82, 2.24) is 25.2 Å². The molecule has 6 rings (SSSR count). The van der Waals surface area contributed by atoms with Crippen LogP contribution in [0.25, 0.3) is 21.8 Å². The van der Waals surface area contributed by atoms with Crippen molar-refractivity contribution in [3.63, 3.8) is 0 Å². The molecule has 12 heteroatoms. The zero-order valence-electron chi connectivity index (χ0n) is 24.4. The highest BCUT2D eigenvalue weighted by Crippen LogP contribution is 2.26. The number of benzene rings is 2. The summed E-state index contributed by atoms with van der Waals surface area (Å²) < 4.78 is 40.2.